The maximum Gasteiger partial charge on any atom is 0.179 e. The molecule has 16 heavy (non-hydrogen) atoms. The number of nitrogens with one attached hydrogen (secondary N) is 1. The first kappa shape index (κ1) is 11.1. The summed E-state index contributed by atoms with van der Waals surface area (Å²) in [7, 11) is 1.94. The van der Waals surface area contributed by atoms with E-state index in [1.165, 1.54) is 0 Å². The van der Waals surface area contributed by atoms with Gasteiger partial charge in [0.25, 0.3) is 0 Å². The van der Waals surface area contributed by atoms with Gasteiger partial charge in [-0.1, -0.05) is 19.1 Å². The molecule has 2 aromatic heterocycles. The minimum atomic E-state index is 0.737. The summed E-state index contributed by atoms with van der Waals surface area (Å²) in [5.74, 6) is 0. The average molecular weight is 236 g/mol. The SMILES string of the molecule is C=C(C)Cn1c(=S)[nH]c2c(CC)nn(C)c21. The van der Waals surface area contributed by atoms with Crippen molar-refractivity contribution in [2.24, 2.45) is 7.05 Å². The maximum atomic E-state index is 5.32. The Morgan fingerprint density at radius 3 is 2.81 bits per heavy atom. The van der Waals surface area contributed by atoms with Crippen LogP contribution in [0.3, 0.4) is 0 Å². The van der Waals surface area contributed by atoms with E-state index in [1.807, 2.05) is 23.2 Å². The highest BCUT2D eigenvalue weighted by Gasteiger charge is 2.13. The number of hydrogen-bond acceptors (Lipinski definition) is 2. The quantitative estimate of drug-likeness (QED) is 0.657. The van der Waals surface area contributed by atoms with Crippen LogP contribution in [0.4, 0.5) is 0 Å². The molecule has 0 bridgehead atoms. The second kappa shape index (κ2) is 3.90. The van der Waals surface area contributed by atoms with Crippen molar-refractivity contribution in [1.82, 2.24) is 19.3 Å². The minimum Gasteiger partial charge on any atom is -0.328 e. The molecular formula is C11H16N4S. The van der Waals surface area contributed by atoms with Gasteiger partial charge in [-0.05, 0) is 25.6 Å². The Morgan fingerprint density at radius 2 is 2.25 bits per heavy atom. The van der Waals surface area contributed by atoms with E-state index in [-0.39, 0.29) is 0 Å². The van der Waals surface area contributed by atoms with Gasteiger partial charge in [0.05, 0.1) is 5.69 Å². The summed E-state index contributed by atoms with van der Waals surface area (Å²) in [4.78, 5) is 3.23. The van der Waals surface area contributed by atoms with Crippen LogP contribution >= 0.6 is 12.2 Å². The zero-order valence-electron chi connectivity index (χ0n) is 9.87. The minimum absolute atomic E-state index is 0.737. The molecule has 0 aliphatic rings. The number of fused-ring (bicyclic) bond motifs is 1. The third kappa shape index (κ3) is 1.61. The first-order chi connectivity index (χ1) is 7.54. The summed E-state index contributed by atoms with van der Waals surface area (Å²) in [6, 6.07) is 0. The van der Waals surface area contributed by atoms with Crippen molar-refractivity contribution in [3.05, 3.63) is 22.6 Å². The maximum absolute atomic E-state index is 5.32. The summed E-state index contributed by atoms with van der Waals surface area (Å²) >= 11 is 5.32. The molecule has 2 heterocycles. The van der Waals surface area contributed by atoms with Gasteiger partial charge in [0.15, 0.2) is 10.4 Å². The zero-order valence-corrected chi connectivity index (χ0v) is 10.7. The van der Waals surface area contributed by atoms with Crippen LogP contribution in [0.1, 0.15) is 19.5 Å². The molecule has 86 valence electrons. The standard InChI is InChI=1S/C11H16N4S/c1-5-8-9-10(14(4)13-8)15(6-7(2)3)11(16)12-9/h2,5-6H2,1,3-4H3,(H,12,16). The summed E-state index contributed by atoms with van der Waals surface area (Å²) < 4.78 is 4.66. The van der Waals surface area contributed by atoms with Crippen molar-refractivity contribution in [3.63, 3.8) is 0 Å². The smallest absolute Gasteiger partial charge is 0.179 e. The summed E-state index contributed by atoms with van der Waals surface area (Å²) in [5.41, 5.74) is 4.24. The van der Waals surface area contributed by atoms with Crippen molar-refractivity contribution in [2.45, 2.75) is 26.8 Å². The lowest BCUT2D eigenvalue weighted by Crippen LogP contribution is -2.03. The van der Waals surface area contributed by atoms with E-state index in [0.29, 0.717) is 0 Å². The largest absolute Gasteiger partial charge is 0.328 e. The van der Waals surface area contributed by atoms with E-state index in [4.69, 9.17) is 12.2 Å². The van der Waals surface area contributed by atoms with Crippen LogP contribution in [0.2, 0.25) is 0 Å². The Hall–Kier alpha value is -1.36. The van der Waals surface area contributed by atoms with Gasteiger partial charge >= 0.3 is 0 Å². The number of nitrogens with zero attached hydrogens (tertiary/aromatic N) is 3. The first-order valence-corrected chi connectivity index (χ1v) is 5.74. The van der Waals surface area contributed by atoms with Crippen LogP contribution in [0, 0.1) is 4.77 Å². The molecule has 0 radical (unpaired) electrons. The van der Waals surface area contributed by atoms with Gasteiger partial charge in [0, 0.05) is 13.6 Å². The molecular weight excluding hydrogens is 220 g/mol. The van der Waals surface area contributed by atoms with Gasteiger partial charge < -0.3 is 4.98 Å². The Balaban J connectivity index is 2.73. The van der Waals surface area contributed by atoms with E-state index < -0.39 is 0 Å². The molecule has 0 amide bonds. The van der Waals surface area contributed by atoms with Gasteiger partial charge in [-0.2, -0.15) is 5.10 Å². The molecule has 4 nitrogen and oxygen atoms in total. The number of allylic oxidation sites excluding steroid dienone is 1. The van der Waals surface area contributed by atoms with Gasteiger partial charge in [-0.3, -0.25) is 9.25 Å². The fraction of sp³-hybridized carbons (Fsp3) is 0.455. The number of hydrogen-bond donors (Lipinski definition) is 1. The van der Waals surface area contributed by atoms with Crippen LogP contribution in [0.5, 0.6) is 0 Å². The average Bonchev–Trinajstić information content (AvgIpc) is 2.66. The Morgan fingerprint density at radius 1 is 1.56 bits per heavy atom. The predicted octanol–water partition coefficient (Wildman–Crippen LogP) is 2.57. The lowest BCUT2D eigenvalue weighted by Gasteiger charge is -2.03. The molecule has 0 atom stereocenters. The second-order valence-electron chi connectivity index (χ2n) is 4.10. The molecule has 5 heteroatoms. The molecule has 0 spiro atoms. The topological polar surface area (TPSA) is 38.5 Å². The monoisotopic (exact) mass is 236 g/mol. The van der Waals surface area contributed by atoms with Gasteiger partial charge in [0.1, 0.15) is 5.52 Å². The Kier molecular flexibility index (Phi) is 2.71. The number of H-pyrrole nitrogens is 1. The number of aromatic amines is 1. The van der Waals surface area contributed by atoms with Crippen molar-refractivity contribution in [3.8, 4) is 0 Å². The van der Waals surface area contributed by atoms with E-state index >= 15 is 0 Å². The van der Waals surface area contributed by atoms with Gasteiger partial charge in [-0.15, -0.1) is 0 Å². The summed E-state index contributed by atoms with van der Waals surface area (Å²) in [5, 5.41) is 4.47. The molecule has 0 saturated carbocycles. The first-order valence-electron chi connectivity index (χ1n) is 5.33. The van der Waals surface area contributed by atoms with Gasteiger partial charge in [0.2, 0.25) is 0 Å². The Bertz CT molecular complexity index is 599. The van der Waals surface area contributed by atoms with Gasteiger partial charge in [-0.25, -0.2) is 0 Å². The fourth-order valence-corrected chi connectivity index (χ4v) is 2.19. The highest BCUT2D eigenvalue weighted by atomic mass is 32.1. The van der Waals surface area contributed by atoms with Crippen molar-refractivity contribution >= 4 is 23.4 Å². The normalized spacial score (nSPS) is 11.2. The summed E-state index contributed by atoms with van der Waals surface area (Å²) in [6.45, 7) is 8.75. The molecule has 0 fully saturated rings. The number of imidazole rings is 1. The van der Waals surface area contributed by atoms with Crippen molar-refractivity contribution in [2.75, 3.05) is 0 Å². The predicted molar refractivity (Wildman–Crippen MR) is 68.1 cm³/mol. The zero-order chi connectivity index (χ0) is 11.9. The molecule has 0 saturated heterocycles. The number of rotatable bonds is 3. The third-order valence-corrected chi connectivity index (χ3v) is 2.91. The van der Waals surface area contributed by atoms with E-state index in [9.17, 15) is 0 Å². The highest BCUT2D eigenvalue weighted by molar-refractivity contribution is 7.71. The van der Waals surface area contributed by atoms with Crippen LogP contribution in [-0.2, 0) is 20.0 Å². The van der Waals surface area contributed by atoms with Crippen molar-refractivity contribution in [1.29, 1.82) is 0 Å². The van der Waals surface area contributed by atoms with E-state index in [1.54, 1.807) is 0 Å². The van der Waals surface area contributed by atoms with Crippen LogP contribution < -0.4 is 0 Å². The molecule has 2 rings (SSSR count). The molecule has 2 aromatic rings. The van der Waals surface area contributed by atoms with Crippen LogP contribution in [-0.4, -0.2) is 19.3 Å². The fourth-order valence-electron chi connectivity index (χ4n) is 1.94. The number of aromatic nitrogens is 4. The number of aryl methyl sites for hydroxylation is 2. The molecule has 0 unspecified atom stereocenters. The van der Waals surface area contributed by atoms with E-state index in [2.05, 4.69) is 23.6 Å². The van der Waals surface area contributed by atoms with Crippen LogP contribution in [0.15, 0.2) is 12.2 Å². The van der Waals surface area contributed by atoms with Crippen LogP contribution in [0.25, 0.3) is 11.2 Å². The molecule has 0 aliphatic carbocycles. The lowest BCUT2D eigenvalue weighted by molar-refractivity contribution is 0.705. The third-order valence-electron chi connectivity index (χ3n) is 2.59. The Labute approximate surface area is 99.6 Å². The molecule has 0 aromatic carbocycles. The second-order valence-corrected chi connectivity index (χ2v) is 4.48. The highest BCUT2D eigenvalue weighted by Crippen LogP contribution is 2.18. The molecule has 0 aliphatic heterocycles. The van der Waals surface area contributed by atoms with Crippen molar-refractivity contribution < 1.29 is 0 Å². The lowest BCUT2D eigenvalue weighted by atomic mass is 10.3. The van der Waals surface area contributed by atoms with E-state index in [0.717, 1.165) is 40.2 Å². The molecule has 1 N–H and O–H groups in total. The summed E-state index contributed by atoms with van der Waals surface area (Å²) in [6.07, 6.45) is 0.902.